The highest BCUT2D eigenvalue weighted by Gasteiger charge is 2.05. The van der Waals surface area contributed by atoms with E-state index in [9.17, 15) is 0 Å². The Labute approximate surface area is 112 Å². The number of ether oxygens (including phenoxy) is 1. The number of aromatic nitrogens is 2. The van der Waals surface area contributed by atoms with Crippen LogP contribution in [-0.2, 0) is 11.3 Å². The van der Waals surface area contributed by atoms with E-state index in [2.05, 4.69) is 35.2 Å². The Balaban J connectivity index is 2.30. The van der Waals surface area contributed by atoms with E-state index in [1.165, 1.54) is 11.1 Å². The van der Waals surface area contributed by atoms with Crippen LogP contribution in [0.1, 0.15) is 17.0 Å². The van der Waals surface area contributed by atoms with Gasteiger partial charge in [0, 0.05) is 18.9 Å². The Bertz CT molecular complexity index is 584. The molecule has 0 amide bonds. The van der Waals surface area contributed by atoms with Crippen molar-refractivity contribution in [3.05, 3.63) is 41.2 Å². The van der Waals surface area contributed by atoms with E-state index in [1.54, 1.807) is 13.2 Å². The number of hydrogen-bond acceptors (Lipinski definition) is 5. The van der Waals surface area contributed by atoms with E-state index in [0.717, 1.165) is 5.69 Å². The van der Waals surface area contributed by atoms with Crippen LogP contribution in [0.4, 0.5) is 17.3 Å². The summed E-state index contributed by atoms with van der Waals surface area (Å²) in [6, 6.07) is 7.80. The second kappa shape index (κ2) is 5.67. The standard InChI is InChI=1S/C14H18N4O/c1-9-5-4-6-11(10(9)2)16-13-7-12(15)17-14(18-13)8-19-3/h4-7H,8H2,1-3H3,(H3,15,16,17,18). The fourth-order valence-electron chi connectivity index (χ4n) is 1.80. The van der Waals surface area contributed by atoms with Gasteiger partial charge in [-0.15, -0.1) is 0 Å². The van der Waals surface area contributed by atoms with Crippen molar-refractivity contribution in [3.8, 4) is 0 Å². The summed E-state index contributed by atoms with van der Waals surface area (Å²) in [5.74, 6) is 1.67. The molecule has 0 radical (unpaired) electrons. The number of hydrogen-bond donors (Lipinski definition) is 2. The number of nitrogen functional groups attached to an aromatic ring is 1. The molecule has 1 aromatic heterocycles. The molecule has 0 saturated carbocycles. The Morgan fingerprint density at radius 3 is 2.79 bits per heavy atom. The molecule has 0 unspecified atom stereocenters. The molecule has 0 fully saturated rings. The molecule has 0 saturated heterocycles. The highest BCUT2D eigenvalue weighted by Crippen LogP contribution is 2.22. The molecule has 0 bridgehead atoms. The van der Waals surface area contributed by atoms with Crippen LogP contribution in [0.5, 0.6) is 0 Å². The molecule has 5 heteroatoms. The number of rotatable bonds is 4. The predicted octanol–water partition coefficient (Wildman–Crippen LogP) is 2.57. The van der Waals surface area contributed by atoms with Crippen molar-refractivity contribution in [1.82, 2.24) is 9.97 Å². The monoisotopic (exact) mass is 258 g/mol. The maximum atomic E-state index is 5.76. The summed E-state index contributed by atoms with van der Waals surface area (Å²) in [5, 5.41) is 3.27. The molecule has 0 aliphatic carbocycles. The number of aryl methyl sites for hydroxylation is 1. The molecule has 1 heterocycles. The third-order valence-corrected chi connectivity index (χ3v) is 2.93. The first kappa shape index (κ1) is 13.3. The largest absolute Gasteiger partial charge is 0.384 e. The quantitative estimate of drug-likeness (QED) is 0.881. The lowest BCUT2D eigenvalue weighted by atomic mass is 10.1. The summed E-state index contributed by atoms with van der Waals surface area (Å²) in [6.45, 7) is 4.48. The van der Waals surface area contributed by atoms with Gasteiger partial charge in [-0.05, 0) is 31.0 Å². The van der Waals surface area contributed by atoms with Crippen LogP contribution < -0.4 is 11.1 Å². The van der Waals surface area contributed by atoms with Crippen LogP contribution in [-0.4, -0.2) is 17.1 Å². The number of nitrogens with one attached hydrogen (secondary N) is 1. The molecule has 0 aliphatic heterocycles. The Morgan fingerprint density at radius 1 is 1.26 bits per heavy atom. The highest BCUT2D eigenvalue weighted by atomic mass is 16.5. The summed E-state index contributed by atoms with van der Waals surface area (Å²) in [7, 11) is 1.60. The summed E-state index contributed by atoms with van der Waals surface area (Å²) < 4.78 is 5.02. The minimum absolute atomic E-state index is 0.340. The Kier molecular flexibility index (Phi) is 3.97. The lowest BCUT2D eigenvalue weighted by Crippen LogP contribution is -2.05. The number of nitrogens with two attached hydrogens (primary N) is 1. The smallest absolute Gasteiger partial charge is 0.158 e. The van der Waals surface area contributed by atoms with Gasteiger partial charge in [0.1, 0.15) is 18.2 Å². The zero-order chi connectivity index (χ0) is 13.8. The second-order valence-electron chi connectivity index (χ2n) is 4.40. The van der Waals surface area contributed by atoms with Crippen LogP contribution >= 0.6 is 0 Å². The number of methoxy groups -OCH3 is 1. The molecule has 5 nitrogen and oxygen atoms in total. The summed E-state index contributed by atoms with van der Waals surface area (Å²) >= 11 is 0. The van der Waals surface area contributed by atoms with E-state index in [0.29, 0.717) is 24.1 Å². The van der Waals surface area contributed by atoms with Gasteiger partial charge < -0.3 is 15.8 Å². The topological polar surface area (TPSA) is 73.1 Å². The molecule has 2 rings (SSSR count). The Morgan fingerprint density at radius 2 is 2.05 bits per heavy atom. The molecular formula is C14H18N4O. The summed E-state index contributed by atoms with van der Waals surface area (Å²) in [4.78, 5) is 8.47. The van der Waals surface area contributed by atoms with E-state index in [1.807, 2.05) is 12.1 Å². The van der Waals surface area contributed by atoms with Crippen LogP contribution in [0.3, 0.4) is 0 Å². The first-order valence-electron chi connectivity index (χ1n) is 6.05. The number of nitrogens with zero attached hydrogens (tertiary/aromatic N) is 2. The molecule has 0 atom stereocenters. The van der Waals surface area contributed by atoms with Crippen LogP contribution in [0, 0.1) is 13.8 Å². The molecular weight excluding hydrogens is 240 g/mol. The van der Waals surface area contributed by atoms with Crippen molar-refractivity contribution in [2.24, 2.45) is 0 Å². The molecule has 19 heavy (non-hydrogen) atoms. The van der Waals surface area contributed by atoms with Gasteiger partial charge in [0.2, 0.25) is 0 Å². The maximum absolute atomic E-state index is 5.76. The van der Waals surface area contributed by atoms with Crippen LogP contribution in [0.15, 0.2) is 24.3 Å². The third-order valence-electron chi connectivity index (χ3n) is 2.93. The average molecular weight is 258 g/mol. The van der Waals surface area contributed by atoms with Gasteiger partial charge >= 0.3 is 0 Å². The molecule has 3 N–H and O–H groups in total. The van der Waals surface area contributed by atoms with Gasteiger partial charge in [-0.1, -0.05) is 12.1 Å². The molecule has 0 spiro atoms. The first-order valence-corrected chi connectivity index (χ1v) is 6.05. The van der Waals surface area contributed by atoms with Crippen LogP contribution in [0.25, 0.3) is 0 Å². The van der Waals surface area contributed by atoms with Gasteiger partial charge in [-0.2, -0.15) is 0 Å². The minimum atomic E-state index is 0.340. The molecule has 1 aromatic carbocycles. The lowest BCUT2D eigenvalue weighted by Gasteiger charge is -2.12. The molecule has 0 aliphatic rings. The maximum Gasteiger partial charge on any atom is 0.158 e. The van der Waals surface area contributed by atoms with Crippen molar-refractivity contribution >= 4 is 17.3 Å². The predicted molar refractivity (Wildman–Crippen MR) is 76.4 cm³/mol. The zero-order valence-electron chi connectivity index (χ0n) is 11.4. The highest BCUT2D eigenvalue weighted by molar-refractivity contribution is 5.63. The van der Waals surface area contributed by atoms with Gasteiger partial charge in [0.25, 0.3) is 0 Å². The van der Waals surface area contributed by atoms with E-state index in [-0.39, 0.29) is 0 Å². The van der Waals surface area contributed by atoms with Gasteiger partial charge in [-0.25, -0.2) is 9.97 Å². The fourth-order valence-corrected chi connectivity index (χ4v) is 1.80. The normalized spacial score (nSPS) is 10.5. The van der Waals surface area contributed by atoms with E-state index in [4.69, 9.17) is 10.5 Å². The Hall–Kier alpha value is -2.14. The first-order chi connectivity index (χ1) is 9.10. The zero-order valence-corrected chi connectivity index (χ0v) is 11.4. The SMILES string of the molecule is COCc1nc(N)cc(Nc2cccc(C)c2C)n1. The van der Waals surface area contributed by atoms with Gasteiger partial charge in [-0.3, -0.25) is 0 Å². The average Bonchev–Trinajstić information content (AvgIpc) is 2.35. The number of anilines is 3. The second-order valence-corrected chi connectivity index (χ2v) is 4.40. The van der Waals surface area contributed by atoms with Crippen molar-refractivity contribution in [2.45, 2.75) is 20.5 Å². The van der Waals surface area contributed by atoms with E-state index < -0.39 is 0 Å². The van der Waals surface area contributed by atoms with Crippen molar-refractivity contribution < 1.29 is 4.74 Å². The number of benzene rings is 1. The van der Waals surface area contributed by atoms with Crippen molar-refractivity contribution in [3.63, 3.8) is 0 Å². The van der Waals surface area contributed by atoms with Gasteiger partial charge in [0.15, 0.2) is 5.82 Å². The van der Waals surface area contributed by atoms with Gasteiger partial charge in [0.05, 0.1) is 0 Å². The lowest BCUT2D eigenvalue weighted by molar-refractivity contribution is 0.178. The van der Waals surface area contributed by atoms with Crippen molar-refractivity contribution in [2.75, 3.05) is 18.2 Å². The van der Waals surface area contributed by atoms with Crippen molar-refractivity contribution in [1.29, 1.82) is 0 Å². The summed E-state index contributed by atoms with van der Waals surface area (Å²) in [5.41, 5.74) is 9.19. The third kappa shape index (κ3) is 3.20. The van der Waals surface area contributed by atoms with Crippen LogP contribution in [0.2, 0.25) is 0 Å². The molecule has 100 valence electrons. The minimum Gasteiger partial charge on any atom is -0.384 e. The fraction of sp³-hybridized carbons (Fsp3) is 0.286. The van der Waals surface area contributed by atoms with E-state index >= 15 is 0 Å². The summed E-state index contributed by atoms with van der Waals surface area (Å²) in [6.07, 6.45) is 0. The molecule has 2 aromatic rings.